The number of ether oxygens (including phenoxy) is 1. The van der Waals surface area contributed by atoms with Gasteiger partial charge in [0.15, 0.2) is 0 Å². The molecule has 21 heavy (non-hydrogen) atoms. The molecule has 4 unspecified atom stereocenters. The lowest BCUT2D eigenvalue weighted by Gasteiger charge is -2.24. The van der Waals surface area contributed by atoms with Gasteiger partial charge in [0.1, 0.15) is 11.3 Å². The number of hydrogen-bond acceptors (Lipinski definition) is 3. The van der Waals surface area contributed by atoms with Crippen molar-refractivity contribution in [1.29, 1.82) is 0 Å². The van der Waals surface area contributed by atoms with Crippen LogP contribution in [0.2, 0.25) is 0 Å². The summed E-state index contributed by atoms with van der Waals surface area (Å²) in [6.45, 7) is 4.41. The fourth-order valence-corrected chi connectivity index (χ4v) is 4.04. The van der Waals surface area contributed by atoms with Gasteiger partial charge >= 0.3 is 0 Å². The zero-order valence-corrected chi connectivity index (χ0v) is 12.8. The highest BCUT2D eigenvalue weighted by atomic mass is 16.5. The molecule has 3 heteroatoms. The minimum absolute atomic E-state index is 0.236. The van der Waals surface area contributed by atoms with Gasteiger partial charge < -0.3 is 14.5 Å². The average molecular weight is 285 g/mol. The van der Waals surface area contributed by atoms with Gasteiger partial charge in [0.05, 0.1) is 18.2 Å². The molecule has 1 aromatic heterocycles. The minimum Gasteiger partial charge on any atom is -0.459 e. The predicted molar refractivity (Wildman–Crippen MR) is 83.4 cm³/mol. The molecule has 0 spiro atoms. The summed E-state index contributed by atoms with van der Waals surface area (Å²) in [4.78, 5) is 0. The van der Waals surface area contributed by atoms with Gasteiger partial charge in [0.25, 0.3) is 0 Å². The SMILES string of the molecule is CCc1c(C(C)NC2CC3CCC2O3)oc2ccccc12. The largest absolute Gasteiger partial charge is 0.459 e. The van der Waals surface area contributed by atoms with Gasteiger partial charge in [-0.2, -0.15) is 0 Å². The maximum atomic E-state index is 6.14. The Morgan fingerprint density at radius 2 is 2.14 bits per heavy atom. The highest BCUT2D eigenvalue weighted by Gasteiger charge is 2.41. The molecule has 0 aliphatic carbocycles. The monoisotopic (exact) mass is 285 g/mol. The summed E-state index contributed by atoms with van der Waals surface area (Å²) in [5, 5.41) is 5.00. The Morgan fingerprint density at radius 3 is 2.86 bits per heavy atom. The average Bonchev–Trinajstić information content (AvgIpc) is 3.19. The van der Waals surface area contributed by atoms with E-state index < -0.39 is 0 Å². The van der Waals surface area contributed by atoms with Crippen LogP contribution < -0.4 is 5.32 Å². The van der Waals surface area contributed by atoms with Crippen LogP contribution in [0.1, 0.15) is 50.5 Å². The molecule has 1 aromatic carbocycles. The second-order valence-electron chi connectivity index (χ2n) is 6.40. The van der Waals surface area contributed by atoms with E-state index in [1.165, 1.54) is 23.8 Å². The molecule has 112 valence electrons. The molecule has 2 aliphatic rings. The quantitative estimate of drug-likeness (QED) is 0.923. The predicted octanol–water partition coefficient (Wildman–Crippen LogP) is 3.97. The molecule has 4 rings (SSSR count). The van der Waals surface area contributed by atoms with Crippen molar-refractivity contribution < 1.29 is 9.15 Å². The van der Waals surface area contributed by atoms with Crippen LogP contribution >= 0.6 is 0 Å². The number of benzene rings is 1. The normalized spacial score (nSPS) is 29.3. The highest BCUT2D eigenvalue weighted by molar-refractivity contribution is 5.82. The fraction of sp³-hybridized carbons (Fsp3) is 0.556. The van der Waals surface area contributed by atoms with Crippen LogP contribution in [0, 0.1) is 0 Å². The zero-order valence-electron chi connectivity index (χ0n) is 12.8. The molecule has 0 radical (unpaired) electrons. The van der Waals surface area contributed by atoms with E-state index in [0.29, 0.717) is 18.2 Å². The van der Waals surface area contributed by atoms with Crippen molar-refractivity contribution in [2.75, 3.05) is 0 Å². The summed E-state index contributed by atoms with van der Waals surface area (Å²) >= 11 is 0. The number of fused-ring (bicyclic) bond motifs is 3. The fourth-order valence-electron chi connectivity index (χ4n) is 4.04. The smallest absolute Gasteiger partial charge is 0.134 e. The van der Waals surface area contributed by atoms with Crippen molar-refractivity contribution >= 4 is 11.0 Å². The number of furan rings is 1. The Balaban J connectivity index is 1.60. The second-order valence-corrected chi connectivity index (χ2v) is 6.40. The van der Waals surface area contributed by atoms with E-state index in [1.807, 2.05) is 6.07 Å². The van der Waals surface area contributed by atoms with Crippen LogP contribution in [0.4, 0.5) is 0 Å². The van der Waals surface area contributed by atoms with Crippen molar-refractivity contribution in [3.8, 4) is 0 Å². The van der Waals surface area contributed by atoms with Crippen LogP contribution in [-0.2, 0) is 11.2 Å². The highest BCUT2D eigenvalue weighted by Crippen LogP contribution is 2.37. The Kier molecular flexibility index (Phi) is 3.27. The van der Waals surface area contributed by atoms with Crippen LogP contribution in [0.5, 0.6) is 0 Å². The van der Waals surface area contributed by atoms with Gasteiger partial charge in [-0.15, -0.1) is 0 Å². The minimum atomic E-state index is 0.236. The van der Waals surface area contributed by atoms with E-state index in [4.69, 9.17) is 9.15 Å². The Morgan fingerprint density at radius 1 is 1.29 bits per heavy atom. The van der Waals surface area contributed by atoms with E-state index in [1.54, 1.807) is 0 Å². The molecule has 2 fully saturated rings. The lowest BCUT2D eigenvalue weighted by Crippen LogP contribution is -2.39. The number of nitrogens with one attached hydrogen (secondary N) is 1. The summed E-state index contributed by atoms with van der Waals surface area (Å²) in [6.07, 6.45) is 5.49. The van der Waals surface area contributed by atoms with Crippen LogP contribution in [0.25, 0.3) is 11.0 Å². The van der Waals surface area contributed by atoms with Gasteiger partial charge in [0, 0.05) is 17.0 Å². The molecule has 2 bridgehead atoms. The lowest BCUT2D eigenvalue weighted by molar-refractivity contribution is 0.0959. The number of rotatable bonds is 4. The summed E-state index contributed by atoms with van der Waals surface area (Å²) in [5.74, 6) is 1.10. The number of hydrogen-bond donors (Lipinski definition) is 1. The van der Waals surface area contributed by atoms with Gasteiger partial charge in [-0.3, -0.25) is 0 Å². The van der Waals surface area contributed by atoms with Crippen molar-refractivity contribution in [2.45, 2.75) is 63.8 Å². The topological polar surface area (TPSA) is 34.4 Å². The van der Waals surface area contributed by atoms with Gasteiger partial charge in [-0.1, -0.05) is 25.1 Å². The molecule has 4 atom stereocenters. The first kappa shape index (κ1) is 13.4. The number of aryl methyl sites for hydroxylation is 1. The number of para-hydroxylation sites is 1. The summed E-state index contributed by atoms with van der Waals surface area (Å²) in [6, 6.07) is 9.07. The molecule has 0 amide bonds. The Labute approximate surface area is 125 Å². The third-order valence-corrected chi connectivity index (χ3v) is 5.05. The summed E-state index contributed by atoms with van der Waals surface area (Å²) in [5.41, 5.74) is 2.34. The maximum Gasteiger partial charge on any atom is 0.134 e. The van der Waals surface area contributed by atoms with Crippen molar-refractivity contribution in [3.05, 3.63) is 35.6 Å². The molecule has 3 nitrogen and oxygen atoms in total. The molecule has 3 heterocycles. The maximum absolute atomic E-state index is 6.14. The lowest BCUT2D eigenvalue weighted by atomic mass is 9.94. The standard InChI is InChI=1S/C18H23NO2/c1-3-13-14-6-4-5-7-16(14)21-18(13)11(2)19-15-10-12-8-9-17(15)20-12/h4-7,11-12,15,17,19H,3,8-10H2,1-2H3. The molecule has 2 aliphatic heterocycles. The Hall–Kier alpha value is -1.32. The van der Waals surface area contributed by atoms with Gasteiger partial charge in [-0.25, -0.2) is 0 Å². The third kappa shape index (κ3) is 2.19. The molecular formula is C18H23NO2. The van der Waals surface area contributed by atoms with Crippen molar-refractivity contribution in [1.82, 2.24) is 5.32 Å². The summed E-state index contributed by atoms with van der Waals surface area (Å²) < 4.78 is 12.1. The Bertz CT molecular complexity index is 648. The van der Waals surface area contributed by atoms with E-state index in [9.17, 15) is 0 Å². The van der Waals surface area contributed by atoms with E-state index >= 15 is 0 Å². The van der Waals surface area contributed by atoms with E-state index in [0.717, 1.165) is 24.2 Å². The van der Waals surface area contributed by atoms with Crippen LogP contribution in [0.15, 0.2) is 28.7 Å². The molecular weight excluding hydrogens is 262 g/mol. The van der Waals surface area contributed by atoms with E-state index in [2.05, 4.69) is 37.4 Å². The van der Waals surface area contributed by atoms with E-state index in [-0.39, 0.29) is 6.04 Å². The first-order chi connectivity index (χ1) is 10.3. The third-order valence-electron chi connectivity index (χ3n) is 5.05. The molecule has 2 saturated heterocycles. The van der Waals surface area contributed by atoms with Crippen LogP contribution in [-0.4, -0.2) is 18.2 Å². The molecule has 1 N–H and O–H groups in total. The summed E-state index contributed by atoms with van der Waals surface area (Å²) in [7, 11) is 0. The van der Waals surface area contributed by atoms with Crippen molar-refractivity contribution in [2.24, 2.45) is 0 Å². The van der Waals surface area contributed by atoms with Gasteiger partial charge in [0.2, 0.25) is 0 Å². The molecule has 2 aromatic rings. The molecule has 0 saturated carbocycles. The first-order valence-corrected chi connectivity index (χ1v) is 8.18. The van der Waals surface area contributed by atoms with Gasteiger partial charge in [-0.05, 0) is 38.7 Å². The van der Waals surface area contributed by atoms with Crippen LogP contribution in [0.3, 0.4) is 0 Å². The zero-order chi connectivity index (χ0) is 14.4. The second kappa shape index (κ2) is 5.15. The first-order valence-electron chi connectivity index (χ1n) is 8.18. The van der Waals surface area contributed by atoms with Crippen molar-refractivity contribution in [3.63, 3.8) is 0 Å².